The zero-order valence-electron chi connectivity index (χ0n) is 12.9. The minimum atomic E-state index is 0.534. The van der Waals surface area contributed by atoms with Crippen LogP contribution >= 0.6 is 0 Å². The fourth-order valence-electron chi connectivity index (χ4n) is 2.43. The van der Waals surface area contributed by atoms with Crippen molar-refractivity contribution in [3.05, 3.63) is 65.9 Å². The van der Waals surface area contributed by atoms with Gasteiger partial charge in [-0.3, -0.25) is 0 Å². The fourth-order valence-corrected chi connectivity index (χ4v) is 2.43. The Kier molecular flexibility index (Phi) is 3.92. The molecule has 112 valence electrons. The lowest BCUT2D eigenvalue weighted by molar-refractivity contribution is 0.655. The number of benzene rings is 2. The zero-order valence-corrected chi connectivity index (χ0v) is 12.9. The maximum atomic E-state index is 5.72. The summed E-state index contributed by atoms with van der Waals surface area (Å²) in [6.07, 6.45) is 1.81. The fraction of sp³-hybridized carbons (Fsp3) is 0.222. The number of anilines is 1. The average molecular weight is 292 g/mol. The van der Waals surface area contributed by atoms with E-state index >= 15 is 0 Å². The molecule has 0 unspecified atom stereocenters. The lowest BCUT2D eigenvalue weighted by Crippen LogP contribution is -2.04. The van der Waals surface area contributed by atoms with Crippen molar-refractivity contribution in [2.75, 3.05) is 5.73 Å². The molecule has 0 saturated heterocycles. The molecule has 0 bridgehead atoms. The Morgan fingerprint density at radius 1 is 1.00 bits per heavy atom. The maximum absolute atomic E-state index is 5.72. The van der Waals surface area contributed by atoms with Crippen molar-refractivity contribution in [3.8, 4) is 11.3 Å². The van der Waals surface area contributed by atoms with E-state index in [4.69, 9.17) is 5.73 Å². The van der Waals surface area contributed by atoms with Crippen LogP contribution in [0.1, 0.15) is 30.9 Å². The van der Waals surface area contributed by atoms with Gasteiger partial charge in [-0.25, -0.2) is 4.68 Å². The zero-order chi connectivity index (χ0) is 15.5. The van der Waals surface area contributed by atoms with Crippen LogP contribution in [0, 0.1) is 0 Å². The van der Waals surface area contributed by atoms with Gasteiger partial charge < -0.3 is 5.73 Å². The van der Waals surface area contributed by atoms with E-state index in [1.165, 1.54) is 5.56 Å². The topological polar surface area (TPSA) is 56.7 Å². The first-order valence-electron chi connectivity index (χ1n) is 7.47. The van der Waals surface area contributed by atoms with Crippen LogP contribution in [0.4, 0.5) is 5.69 Å². The first kappa shape index (κ1) is 14.3. The molecule has 0 aliphatic rings. The van der Waals surface area contributed by atoms with Gasteiger partial charge in [-0.1, -0.05) is 55.5 Å². The molecule has 0 saturated carbocycles. The third kappa shape index (κ3) is 3.01. The highest BCUT2D eigenvalue weighted by molar-refractivity contribution is 5.59. The molecule has 2 aromatic carbocycles. The summed E-state index contributed by atoms with van der Waals surface area (Å²) in [5.74, 6) is 0.534. The molecule has 0 atom stereocenters. The second-order valence-electron chi connectivity index (χ2n) is 5.80. The minimum Gasteiger partial charge on any atom is -0.399 e. The first-order valence-corrected chi connectivity index (χ1v) is 7.47. The molecule has 0 aliphatic heterocycles. The van der Waals surface area contributed by atoms with Crippen LogP contribution in [0.25, 0.3) is 11.3 Å². The van der Waals surface area contributed by atoms with E-state index in [1.807, 2.05) is 35.1 Å². The summed E-state index contributed by atoms with van der Waals surface area (Å²) in [5, 5.41) is 8.26. The Labute approximate surface area is 130 Å². The molecular formula is C18H20N4. The van der Waals surface area contributed by atoms with Gasteiger partial charge in [0.2, 0.25) is 0 Å². The Morgan fingerprint density at radius 2 is 1.68 bits per heavy atom. The van der Waals surface area contributed by atoms with Crippen molar-refractivity contribution in [1.82, 2.24) is 15.0 Å². The summed E-state index contributed by atoms with van der Waals surface area (Å²) < 4.78 is 1.91. The predicted octanol–water partition coefficient (Wildman–Crippen LogP) is 3.70. The van der Waals surface area contributed by atoms with Crippen LogP contribution in [-0.2, 0) is 6.54 Å². The molecule has 1 aromatic heterocycles. The Hall–Kier alpha value is -2.62. The Balaban J connectivity index is 1.86. The molecule has 1 heterocycles. The highest BCUT2D eigenvalue weighted by Gasteiger charge is 2.08. The van der Waals surface area contributed by atoms with Crippen LogP contribution in [0.15, 0.2) is 54.7 Å². The highest BCUT2D eigenvalue weighted by Crippen LogP contribution is 2.22. The van der Waals surface area contributed by atoms with E-state index in [0.29, 0.717) is 12.5 Å². The summed E-state index contributed by atoms with van der Waals surface area (Å²) in [6.45, 7) is 5.07. The van der Waals surface area contributed by atoms with Crippen molar-refractivity contribution in [1.29, 1.82) is 0 Å². The van der Waals surface area contributed by atoms with Gasteiger partial charge in [-0.15, -0.1) is 5.10 Å². The van der Waals surface area contributed by atoms with E-state index in [-0.39, 0.29) is 0 Å². The van der Waals surface area contributed by atoms with Gasteiger partial charge in [0.15, 0.2) is 0 Å². The van der Waals surface area contributed by atoms with Gasteiger partial charge >= 0.3 is 0 Å². The summed E-state index contributed by atoms with van der Waals surface area (Å²) in [5.41, 5.74) is 11.1. The molecule has 4 heteroatoms. The van der Waals surface area contributed by atoms with Crippen LogP contribution in [0.2, 0.25) is 0 Å². The quantitative estimate of drug-likeness (QED) is 0.746. The molecule has 3 rings (SSSR count). The number of nitrogen functional groups attached to an aromatic ring is 1. The molecule has 2 N–H and O–H groups in total. The lowest BCUT2D eigenvalue weighted by Gasteiger charge is -2.09. The Bertz CT molecular complexity index is 740. The molecule has 4 nitrogen and oxygen atoms in total. The van der Waals surface area contributed by atoms with E-state index < -0.39 is 0 Å². The highest BCUT2D eigenvalue weighted by atomic mass is 15.4. The van der Waals surface area contributed by atoms with Gasteiger partial charge in [-0.2, -0.15) is 0 Å². The standard InChI is InChI=1S/C18H20N4/c1-13(2)15-5-7-16(8-6-15)18-11-20-21-22(18)12-14-3-9-17(19)10-4-14/h3-11,13H,12,19H2,1-2H3. The molecule has 0 fully saturated rings. The van der Waals surface area contributed by atoms with E-state index in [9.17, 15) is 0 Å². The largest absolute Gasteiger partial charge is 0.399 e. The van der Waals surface area contributed by atoms with Crippen LogP contribution < -0.4 is 5.73 Å². The van der Waals surface area contributed by atoms with Crippen molar-refractivity contribution in [3.63, 3.8) is 0 Å². The number of aromatic nitrogens is 3. The molecule has 22 heavy (non-hydrogen) atoms. The normalized spacial score (nSPS) is 11.0. The van der Waals surface area contributed by atoms with Crippen LogP contribution in [0.5, 0.6) is 0 Å². The van der Waals surface area contributed by atoms with Crippen LogP contribution in [0.3, 0.4) is 0 Å². The van der Waals surface area contributed by atoms with E-state index in [2.05, 4.69) is 48.4 Å². The summed E-state index contributed by atoms with van der Waals surface area (Å²) in [4.78, 5) is 0. The van der Waals surface area contributed by atoms with Crippen molar-refractivity contribution in [2.45, 2.75) is 26.3 Å². The van der Waals surface area contributed by atoms with E-state index in [0.717, 1.165) is 22.5 Å². The lowest BCUT2D eigenvalue weighted by atomic mass is 10.0. The number of rotatable bonds is 4. The maximum Gasteiger partial charge on any atom is 0.0889 e. The van der Waals surface area contributed by atoms with Gasteiger partial charge in [0.25, 0.3) is 0 Å². The third-order valence-corrected chi connectivity index (χ3v) is 3.80. The summed E-state index contributed by atoms with van der Waals surface area (Å²) >= 11 is 0. The van der Waals surface area contributed by atoms with Gasteiger partial charge in [0.05, 0.1) is 18.4 Å². The predicted molar refractivity (Wildman–Crippen MR) is 89.5 cm³/mol. The van der Waals surface area contributed by atoms with Crippen LogP contribution in [-0.4, -0.2) is 15.0 Å². The van der Waals surface area contributed by atoms with Crippen molar-refractivity contribution in [2.24, 2.45) is 0 Å². The van der Waals surface area contributed by atoms with Gasteiger partial charge in [0, 0.05) is 11.3 Å². The minimum absolute atomic E-state index is 0.534. The first-order chi connectivity index (χ1) is 10.6. The molecule has 0 aliphatic carbocycles. The smallest absolute Gasteiger partial charge is 0.0889 e. The SMILES string of the molecule is CC(C)c1ccc(-c2cnnn2Cc2ccc(N)cc2)cc1. The molecule has 3 aromatic rings. The van der Waals surface area contributed by atoms with E-state index in [1.54, 1.807) is 0 Å². The van der Waals surface area contributed by atoms with Gasteiger partial charge in [0.1, 0.15) is 0 Å². The monoisotopic (exact) mass is 292 g/mol. The number of nitrogens with two attached hydrogens (primary N) is 1. The third-order valence-electron chi connectivity index (χ3n) is 3.80. The van der Waals surface area contributed by atoms with Gasteiger partial charge in [-0.05, 0) is 29.2 Å². The number of hydrogen-bond donors (Lipinski definition) is 1. The second-order valence-corrected chi connectivity index (χ2v) is 5.80. The molecule has 0 radical (unpaired) electrons. The summed E-state index contributed by atoms with van der Waals surface area (Å²) in [6, 6.07) is 16.4. The van der Waals surface area contributed by atoms with Crippen molar-refractivity contribution < 1.29 is 0 Å². The second kappa shape index (κ2) is 6.02. The molecule has 0 spiro atoms. The average Bonchev–Trinajstić information content (AvgIpc) is 2.98. The Morgan fingerprint density at radius 3 is 2.32 bits per heavy atom. The molecular weight excluding hydrogens is 272 g/mol. The number of nitrogens with zero attached hydrogens (tertiary/aromatic N) is 3. The molecule has 0 amide bonds. The van der Waals surface area contributed by atoms with Crippen molar-refractivity contribution >= 4 is 5.69 Å². The number of hydrogen-bond acceptors (Lipinski definition) is 3. The summed E-state index contributed by atoms with van der Waals surface area (Å²) in [7, 11) is 0.